The fraction of sp³-hybridized carbons (Fsp3) is 0.611. The van der Waals surface area contributed by atoms with Gasteiger partial charge in [-0.25, -0.2) is 0 Å². The molecule has 0 bridgehead atoms. The lowest BCUT2D eigenvalue weighted by Gasteiger charge is -2.35. The van der Waals surface area contributed by atoms with Crippen molar-refractivity contribution in [1.29, 1.82) is 0 Å². The van der Waals surface area contributed by atoms with Gasteiger partial charge >= 0.3 is 6.61 Å². The molecule has 2 rings (SSSR count). The van der Waals surface area contributed by atoms with E-state index in [1.54, 1.807) is 6.07 Å². The maximum Gasteiger partial charge on any atom is 0.387 e. The Morgan fingerprint density at radius 2 is 2.04 bits per heavy atom. The van der Waals surface area contributed by atoms with Crippen LogP contribution in [0.5, 0.6) is 5.75 Å². The number of carbonyl (C=O) groups excluding carboxylic acids is 1. The second-order valence-electron chi connectivity index (χ2n) is 6.55. The molecule has 1 fully saturated rings. The molecule has 1 saturated heterocycles. The molecular formula is C18H26F2N2O3. The van der Waals surface area contributed by atoms with Gasteiger partial charge in [0.25, 0.3) is 5.91 Å². The Balaban J connectivity index is 1.95. The van der Waals surface area contributed by atoms with Crippen LogP contribution in [-0.2, 0) is 4.74 Å². The minimum absolute atomic E-state index is 0.0189. The molecule has 1 unspecified atom stereocenters. The monoisotopic (exact) mass is 356 g/mol. The molecule has 7 heteroatoms. The Kier molecular flexibility index (Phi) is 7.58. The Labute approximate surface area is 147 Å². The van der Waals surface area contributed by atoms with Gasteiger partial charge in [-0.05, 0) is 30.5 Å². The van der Waals surface area contributed by atoms with E-state index in [0.29, 0.717) is 31.2 Å². The van der Waals surface area contributed by atoms with Crippen LogP contribution in [0, 0.1) is 5.92 Å². The van der Waals surface area contributed by atoms with Crippen molar-refractivity contribution in [1.82, 2.24) is 10.2 Å². The Bertz CT molecular complexity index is 549. The second-order valence-corrected chi connectivity index (χ2v) is 6.55. The summed E-state index contributed by atoms with van der Waals surface area (Å²) >= 11 is 0. The fourth-order valence-electron chi connectivity index (χ4n) is 2.97. The first kappa shape index (κ1) is 19.6. The predicted octanol–water partition coefficient (Wildman–Crippen LogP) is 2.76. The van der Waals surface area contributed by atoms with Gasteiger partial charge in [-0.2, -0.15) is 8.78 Å². The molecule has 0 spiro atoms. The number of nitrogens with one attached hydrogen (secondary N) is 1. The van der Waals surface area contributed by atoms with Crippen LogP contribution in [0.3, 0.4) is 0 Å². The summed E-state index contributed by atoms with van der Waals surface area (Å²) in [5, 5.41) is 2.92. The van der Waals surface area contributed by atoms with E-state index in [4.69, 9.17) is 4.74 Å². The zero-order chi connectivity index (χ0) is 18.2. The number of ether oxygens (including phenoxy) is 2. The topological polar surface area (TPSA) is 50.8 Å². The molecule has 0 saturated carbocycles. The molecule has 0 aliphatic carbocycles. The van der Waals surface area contributed by atoms with Gasteiger partial charge in [0.05, 0.1) is 13.2 Å². The number of alkyl halides is 2. The van der Waals surface area contributed by atoms with Crippen molar-refractivity contribution < 1.29 is 23.0 Å². The lowest BCUT2D eigenvalue weighted by molar-refractivity contribution is -0.0498. The number of carbonyl (C=O) groups is 1. The summed E-state index contributed by atoms with van der Waals surface area (Å²) in [6.07, 6.45) is 0.967. The number of hydrogen-bond acceptors (Lipinski definition) is 4. The molecule has 140 valence electrons. The van der Waals surface area contributed by atoms with Gasteiger partial charge in [-0.3, -0.25) is 9.69 Å². The summed E-state index contributed by atoms with van der Waals surface area (Å²) < 4.78 is 34.3. The first-order valence-corrected chi connectivity index (χ1v) is 8.60. The Morgan fingerprint density at radius 3 is 2.68 bits per heavy atom. The van der Waals surface area contributed by atoms with E-state index in [1.807, 2.05) is 0 Å². The van der Waals surface area contributed by atoms with Crippen molar-refractivity contribution in [3.63, 3.8) is 0 Å². The van der Waals surface area contributed by atoms with Gasteiger partial charge in [0.2, 0.25) is 0 Å². The molecule has 25 heavy (non-hydrogen) atoms. The summed E-state index contributed by atoms with van der Waals surface area (Å²) in [6.45, 7) is 5.02. The summed E-state index contributed by atoms with van der Waals surface area (Å²) in [6, 6.07) is 6.07. The normalized spacial score (nSPS) is 16.9. The van der Waals surface area contributed by atoms with E-state index in [1.165, 1.54) is 18.2 Å². The highest BCUT2D eigenvalue weighted by Crippen LogP contribution is 2.17. The highest BCUT2D eigenvalue weighted by molar-refractivity contribution is 5.94. The lowest BCUT2D eigenvalue weighted by atomic mass is 10.0. The molecule has 1 aliphatic heterocycles. The molecule has 1 heterocycles. The second kappa shape index (κ2) is 9.68. The van der Waals surface area contributed by atoms with Crippen molar-refractivity contribution in [2.45, 2.75) is 32.9 Å². The number of hydrogen-bond donors (Lipinski definition) is 1. The first-order chi connectivity index (χ1) is 12.0. The number of nitrogens with zero attached hydrogens (tertiary/aromatic N) is 1. The fourth-order valence-corrected chi connectivity index (χ4v) is 2.97. The molecule has 1 atom stereocenters. The van der Waals surface area contributed by atoms with E-state index in [-0.39, 0.29) is 17.7 Å². The third kappa shape index (κ3) is 6.59. The predicted molar refractivity (Wildman–Crippen MR) is 91.0 cm³/mol. The van der Waals surface area contributed by atoms with Gasteiger partial charge in [-0.1, -0.05) is 19.9 Å². The lowest BCUT2D eigenvalue weighted by Crippen LogP contribution is -2.49. The van der Waals surface area contributed by atoms with Crippen LogP contribution >= 0.6 is 0 Å². The van der Waals surface area contributed by atoms with Crippen LogP contribution in [0.2, 0.25) is 0 Å². The largest absolute Gasteiger partial charge is 0.435 e. The minimum atomic E-state index is -2.91. The van der Waals surface area contributed by atoms with E-state index < -0.39 is 6.61 Å². The number of rotatable bonds is 8. The van der Waals surface area contributed by atoms with Crippen LogP contribution in [0.4, 0.5) is 8.78 Å². The van der Waals surface area contributed by atoms with Crippen molar-refractivity contribution in [2.75, 3.05) is 32.8 Å². The molecule has 5 nitrogen and oxygen atoms in total. The third-order valence-electron chi connectivity index (χ3n) is 4.13. The highest BCUT2D eigenvalue weighted by atomic mass is 19.3. The van der Waals surface area contributed by atoms with Crippen molar-refractivity contribution in [2.24, 2.45) is 5.92 Å². The average molecular weight is 356 g/mol. The maximum atomic E-state index is 12.4. The summed E-state index contributed by atoms with van der Waals surface area (Å²) in [5.41, 5.74) is 0.309. The van der Waals surface area contributed by atoms with Crippen LogP contribution in [-0.4, -0.2) is 56.3 Å². The molecule has 1 aromatic rings. The molecule has 1 aliphatic rings. The third-order valence-corrected chi connectivity index (χ3v) is 4.13. The smallest absolute Gasteiger partial charge is 0.387 e. The zero-order valence-corrected chi connectivity index (χ0v) is 14.7. The molecule has 0 aromatic heterocycles. The quantitative estimate of drug-likeness (QED) is 0.778. The van der Waals surface area contributed by atoms with Crippen LogP contribution < -0.4 is 10.1 Å². The first-order valence-electron chi connectivity index (χ1n) is 8.60. The van der Waals surface area contributed by atoms with Crippen molar-refractivity contribution in [3.05, 3.63) is 29.8 Å². The number of amides is 1. The van der Waals surface area contributed by atoms with Gasteiger partial charge < -0.3 is 14.8 Å². The van der Waals surface area contributed by atoms with E-state index in [2.05, 4.69) is 28.8 Å². The minimum Gasteiger partial charge on any atom is -0.435 e. The van der Waals surface area contributed by atoms with Crippen LogP contribution in [0.25, 0.3) is 0 Å². The Morgan fingerprint density at radius 1 is 1.32 bits per heavy atom. The average Bonchev–Trinajstić information content (AvgIpc) is 2.58. The van der Waals surface area contributed by atoms with E-state index in [0.717, 1.165) is 19.5 Å². The molecular weight excluding hydrogens is 330 g/mol. The summed E-state index contributed by atoms with van der Waals surface area (Å²) in [5.74, 6) is 0.198. The van der Waals surface area contributed by atoms with E-state index in [9.17, 15) is 13.6 Å². The van der Waals surface area contributed by atoms with Gasteiger partial charge in [-0.15, -0.1) is 0 Å². The number of benzene rings is 1. The standard InChI is InChI=1S/C18H26F2N2O3/c1-13(2)10-15(22-6-8-24-9-7-22)12-21-17(23)14-4-3-5-16(11-14)25-18(19)20/h3-5,11,13,15,18H,6-10,12H2,1-2H3,(H,21,23). The van der Waals surface area contributed by atoms with Crippen molar-refractivity contribution >= 4 is 5.91 Å². The Hall–Kier alpha value is -1.73. The maximum absolute atomic E-state index is 12.4. The molecule has 1 amide bonds. The number of halogens is 2. The SMILES string of the molecule is CC(C)CC(CNC(=O)c1cccc(OC(F)F)c1)N1CCOCC1. The highest BCUT2D eigenvalue weighted by Gasteiger charge is 2.22. The molecule has 1 aromatic carbocycles. The zero-order valence-electron chi connectivity index (χ0n) is 14.7. The molecule has 1 N–H and O–H groups in total. The van der Waals surface area contributed by atoms with Crippen molar-refractivity contribution in [3.8, 4) is 5.75 Å². The molecule has 0 radical (unpaired) electrons. The summed E-state index contributed by atoms with van der Waals surface area (Å²) in [7, 11) is 0. The van der Waals surface area contributed by atoms with Gasteiger partial charge in [0.1, 0.15) is 5.75 Å². The summed E-state index contributed by atoms with van der Waals surface area (Å²) in [4.78, 5) is 14.7. The van der Waals surface area contributed by atoms with Crippen LogP contribution in [0.1, 0.15) is 30.6 Å². The van der Waals surface area contributed by atoms with E-state index >= 15 is 0 Å². The van der Waals surface area contributed by atoms with Gasteiger partial charge in [0.15, 0.2) is 0 Å². The van der Waals surface area contributed by atoms with Crippen LogP contribution in [0.15, 0.2) is 24.3 Å². The van der Waals surface area contributed by atoms with Gasteiger partial charge in [0, 0.05) is 31.2 Å². The number of morpholine rings is 1.